The van der Waals surface area contributed by atoms with Crippen molar-refractivity contribution in [3.63, 3.8) is 0 Å². The normalized spacial score (nSPS) is 10.5. The minimum Gasteiger partial charge on any atom is -0.497 e. The SMILES string of the molecule is COc1cccc(C(=O)N=Nc2ccc(NOC(=O)c3ccc([N+](=O)[O-])cc3[N+](=O)[O-])cc2)c1. The first-order valence-electron chi connectivity index (χ1n) is 9.38. The van der Waals surface area contributed by atoms with Crippen LogP contribution in [0.1, 0.15) is 20.7 Å². The number of anilines is 1. The molecule has 0 spiro atoms. The molecule has 1 N–H and O–H groups in total. The fourth-order valence-corrected chi connectivity index (χ4v) is 2.63. The summed E-state index contributed by atoms with van der Waals surface area (Å²) in [5, 5.41) is 29.4. The molecule has 0 aromatic heterocycles. The molecule has 34 heavy (non-hydrogen) atoms. The van der Waals surface area contributed by atoms with E-state index in [4.69, 9.17) is 9.57 Å². The molecule has 0 aliphatic heterocycles. The van der Waals surface area contributed by atoms with Crippen LogP contribution in [0.3, 0.4) is 0 Å². The number of hydrogen-bond acceptors (Lipinski definition) is 10. The Bertz CT molecular complexity index is 1290. The van der Waals surface area contributed by atoms with Gasteiger partial charge in [-0.1, -0.05) is 6.07 Å². The summed E-state index contributed by atoms with van der Waals surface area (Å²) in [6, 6.07) is 14.9. The van der Waals surface area contributed by atoms with Crippen molar-refractivity contribution >= 4 is 34.6 Å². The molecule has 3 aromatic carbocycles. The van der Waals surface area contributed by atoms with E-state index in [1.54, 1.807) is 18.2 Å². The summed E-state index contributed by atoms with van der Waals surface area (Å²) in [6.07, 6.45) is 0. The molecule has 1 amide bonds. The number of nitrogens with one attached hydrogen (secondary N) is 1. The maximum Gasteiger partial charge on any atom is 0.369 e. The third-order valence-electron chi connectivity index (χ3n) is 4.31. The number of nitro benzene ring substituents is 2. The number of carbonyl (C=O) groups excluding carboxylic acids is 2. The van der Waals surface area contributed by atoms with Gasteiger partial charge in [0.1, 0.15) is 11.3 Å². The first-order valence-corrected chi connectivity index (χ1v) is 9.38. The monoisotopic (exact) mass is 465 g/mol. The van der Waals surface area contributed by atoms with Crippen molar-refractivity contribution in [2.75, 3.05) is 12.6 Å². The number of carbonyl (C=O) groups is 2. The number of nitro groups is 2. The number of ether oxygens (including phenoxy) is 1. The number of non-ortho nitro benzene ring substituents is 1. The second-order valence-corrected chi connectivity index (χ2v) is 6.49. The molecule has 0 heterocycles. The minimum absolute atomic E-state index is 0.288. The second kappa shape index (κ2) is 10.4. The van der Waals surface area contributed by atoms with Gasteiger partial charge in [0.05, 0.1) is 34.4 Å². The van der Waals surface area contributed by atoms with Crippen LogP contribution in [0.25, 0.3) is 0 Å². The molecule has 0 saturated carbocycles. The van der Waals surface area contributed by atoms with Crippen molar-refractivity contribution in [2.24, 2.45) is 10.2 Å². The number of amides is 1. The third kappa shape index (κ3) is 5.73. The van der Waals surface area contributed by atoms with Crippen LogP contribution < -0.4 is 10.2 Å². The lowest BCUT2D eigenvalue weighted by atomic mass is 10.1. The van der Waals surface area contributed by atoms with Gasteiger partial charge in [0.2, 0.25) is 0 Å². The lowest BCUT2D eigenvalue weighted by molar-refractivity contribution is -0.394. The van der Waals surface area contributed by atoms with Gasteiger partial charge in [-0.25, -0.2) is 10.3 Å². The van der Waals surface area contributed by atoms with E-state index < -0.39 is 38.7 Å². The molecule has 13 nitrogen and oxygen atoms in total. The molecule has 0 radical (unpaired) electrons. The van der Waals surface area contributed by atoms with Gasteiger partial charge >= 0.3 is 5.97 Å². The van der Waals surface area contributed by atoms with Crippen molar-refractivity contribution in [1.29, 1.82) is 0 Å². The van der Waals surface area contributed by atoms with Crippen LogP contribution in [0.4, 0.5) is 22.7 Å². The van der Waals surface area contributed by atoms with E-state index in [0.717, 1.165) is 12.1 Å². The van der Waals surface area contributed by atoms with Crippen LogP contribution in [0.15, 0.2) is 77.0 Å². The molecule has 0 unspecified atom stereocenters. The molecule has 0 saturated heterocycles. The lowest BCUT2D eigenvalue weighted by Crippen LogP contribution is -2.12. The topological polar surface area (TPSA) is 176 Å². The Morgan fingerprint density at radius 3 is 2.32 bits per heavy atom. The predicted octanol–water partition coefficient (Wildman–Crippen LogP) is 4.62. The van der Waals surface area contributed by atoms with Gasteiger partial charge in [-0.3, -0.25) is 25.0 Å². The summed E-state index contributed by atoms with van der Waals surface area (Å²) in [7, 11) is 1.48. The smallest absolute Gasteiger partial charge is 0.369 e. The van der Waals surface area contributed by atoms with E-state index in [2.05, 4.69) is 15.7 Å². The average Bonchev–Trinajstić information content (AvgIpc) is 2.85. The van der Waals surface area contributed by atoms with Gasteiger partial charge < -0.3 is 9.57 Å². The van der Waals surface area contributed by atoms with Crippen LogP contribution >= 0.6 is 0 Å². The van der Waals surface area contributed by atoms with E-state index in [9.17, 15) is 29.8 Å². The highest BCUT2D eigenvalue weighted by Gasteiger charge is 2.25. The molecule has 0 bridgehead atoms. The quantitative estimate of drug-likeness (QED) is 0.282. The van der Waals surface area contributed by atoms with E-state index in [1.807, 2.05) is 0 Å². The standard InChI is InChI=1S/C21H15N5O8/c1-33-17-4-2-3-13(11-17)20(27)23-22-14-5-7-15(8-6-14)24-34-21(28)18-10-9-16(25(29)30)12-19(18)26(31)32/h2-12,24H,1H3. The second-order valence-electron chi connectivity index (χ2n) is 6.49. The summed E-state index contributed by atoms with van der Waals surface area (Å²) in [4.78, 5) is 49.4. The van der Waals surface area contributed by atoms with Crippen LogP contribution in [-0.4, -0.2) is 28.8 Å². The van der Waals surface area contributed by atoms with Crippen LogP contribution in [-0.2, 0) is 4.84 Å². The van der Waals surface area contributed by atoms with Crippen molar-refractivity contribution < 1.29 is 29.0 Å². The molecule has 0 aliphatic carbocycles. The van der Waals surface area contributed by atoms with Crippen molar-refractivity contribution in [1.82, 2.24) is 0 Å². The Morgan fingerprint density at radius 2 is 1.68 bits per heavy atom. The fourth-order valence-electron chi connectivity index (χ4n) is 2.63. The fraction of sp³-hybridized carbons (Fsp3) is 0.0476. The van der Waals surface area contributed by atoms with E-state index in [0.29, 0.717) is 23.1 Å². The highest BCUT2D eigenvalue weighted by atomic mass is 16.7. The molecule has 3 aromatic rings. The maximum absolute atomic E-state index is 12.2. The number of rotatable bonds is 8. The van der Waals surface area contributed by atoms with Gasteiger partial charge in [0.15, 0.2) is 0 Å². The van der Waals surface area contributed by atoms with Crippen molar-refractivity contribution in [3.05, 3.63) is 98.1 Å². The molecule has 172 valence electrons. The largest absolute Gasteiger partial charge is 0.497 e. The molecular formula is C21H15N5O8. The summed E-state index contributed by atoms with van der Waals surface area (Å²) in [6.45, 7) is 0. The highest BCUT2D eigenvalue weighted by Crippen LogP contribution is 2.26. The molecule has 0 fully saturated rings. The number of benzene rings is 3. The van der Waals surface area contributed by atoms with Gasteiger partial charge in [0.25, 0.3) is 17.3 Å². The van der Waals surface area contributed by atoms with Gasteiger partial charge in [-0.2, -0.15) is 0 Å². The van der Waals surface area contributed by atoms with Crippen LogP contribution in [0.5, 0.6) is 5.75 Å². The zero-order valence-corrected chi connectivity index (χ0v) is 17.4. The Morgan fingerprint density at radius 1 is 0.941 bits per heavy atom. The lowest BCUT2D eigenvalue weighted by Gasteiger charge is -2.07. The zero-order valence-electron chi connectivity index (χ0n) is 17.4. The van der Waals surface area contributed by atoms with E-state index in [-0.39, 0.29) is 5.69 Å². The Balaban J connectivity index is 1.63. The zero-order chi connectivity index (χ0) is 24.7. The van der Waals surface area contributed by atoms with Gasteiger partial charge in [-0.05, 0) is 48.5 Å². The number of hydrogen-bond donors (Lipinski definition) is 1. The van der Waals surface area contributed by atoms with Gasteiger partial charge in [-0.15, -0.1) is 10.2 Å². The predicted molar refractivity (Wildman–Crippen MR) is 117 cm³/mol. The first kappa shape index (κ1) is 23.5. The average molecular weight is 465 g/mol. The van der Waals surface area contributed by atoms with Crippen LogP contribution in [0.2, 0.25) is 0 Å². The summed E-state index contributed by atoms with van der Waals surface area (Å²) in [5.74, 6) is -1.18. The van der Waals surface area contributed by atoms with Crippen LogP contribution in [0, 0.1) is 20.2 Å². The first-order chi connectivity index (χ1) is 16.3. The van der Waals surface area contributed by atoms with E-state index >= 15 is 0 Å². The molecule has 3 rings (SSSR count). The molecular weight excluding hydrogens is 450 g/mol. The van der Waals surface area contributed by atoms with Crippen molar-refractivity contribution in [3.8, 4) is 5.75 Å². The highest BCUT2D eigenvalue weighted by molar-refractivity contribution is 5.95. The molecule has 13 heteroatoms. The maximum atomic E-state index is 12.2. The van der Waals surface area contributed by atoms with E-state index in [1.165, 1.54) is 37.4 Å². The summed E-state index contributed by atoms with van der Waals surface area (Å²) in [5.41, 5.74) is 1.47. The van der Waals surface area contributed by atoms with Crippen molar-refractivity contribution in [2.45, 2.75) is 0 Å². The number of methoxy groups -OCH3 is 1. The molecule has 0 aliphatic rings. The third-order valence-corrected chi connectivity index (χ3v) is 4.31. The Labute approximate surface area is 190 Å². The summed E-state index contributed by atoms with van der Waals surface area (Å²) < 4.78 is 5.05. The minimum atomic E-state index is -1.12. The Hall–Kier alpha value is -5.20. The number of azo groups is 1. The summed E-state index contributed by atoms with van der Waals surface area (Å²) >= 11 is 0. The molecule has 0 atom stereocenters. The number of nitrogens with zero attached hydrogens (tertiary/aromatic N) is 4. The Kier molecular flexibility index (Phi) is 7.18. The van der Waals surface area contributed by atoms with Gasteiger partial charge in [0, 0.05) is 11.6 Å².